The zero-order valence-electron chi connectivity index (χ0n) is 10.6. The molecule has 0 saturated carbocycles. The number of nitrogens with zero attached hydrogens (tertiary/aromatic N) is 2. The molecule has 1 aromatic heterocycles. The highest BCUT2D eigenvalue weighted by Gasteiger charge is 2.25. The maximum absolute atomic E-state index is 8.95. The minimum atomic E-state index is 0.338. The van der Waals surface area contributed by atoms with Gasteiger partial charge in [0.25, 0.3) is 0 Å². The lowest BCUT2D eigenvalue weighted by Crippen LogP contribution is -1.94. The van der Waals surface area contributed by atoms with Crippen LogP contribution in [0.1, 0.15) is 22.2 Å². The Morgan fingerprint density at radius 3 is 3.00 bits per heavy atom. The van der Waals surface area contributed by atoms with Gasteiger partial charge in [-0.3, -0.25) is 0 Å². The number of rotatable bonds is 1. The molecule has 1 aliphatic rings. The first kappa shape index (κ1) is 11.6. The van der Waals surface area contributed by atoms with E-state index >= 15 is 0 Å². The summed E-state index contributed by atoms with van der Waals surface area (Å²) in [4.78, 5) is 9.37. The number of H-pyrrole nitrogens is 1. The fraction of sp³-hybridized carbons (Fsp3) is 0.125. The van der Waals surface area contributed by atoms with E-state index in [1.807, 2.05) is 30.0 Å². The second-order valence-electron chi connectivity index (χ2n) is 4.88. The van der Waals surface area contributed by atoms with Crippen molar-refractivity contribution in [2.75, 3.05) is 0 Å². The molecule has 20 heavy (non-hydrogen) atoms. The number of hydrogen-bond acceptors (Lipinski definition) is 3. The van der Waals surface area contributed by atoms with Gasteiger partial charge in [0.15, 0.2) is 0 Å². The first-order chi connectivity index (χ1) is 9.83. The van der Waals surface area contributed by atoms with Crippen LogP contribution >= 0.6 is 11.8 Å². The van der Waals surface area contributed by atoms with Crippen molar-refractivity contribution >= 4 is 22.8 Å². The fourth-order valence-corrected chi connectivity index (χ4v) is 3.84. The van der Waals surface area contributed by atoms with Crippen LogP contribution in [-0.2, 0) is 6.42 Å². The Morgan fingerprint density at radius 1 is 1.25 bits per heavy atom. The van der Waals surface area contributed by atoms with Crippen molar-refractivity contribution in [1.29, 1.82) is 5.26 Å². The van der Waals surface area contributed by atoms with Gasteiger partial charge in [-0.2, -0.15) is 5.26 Å². The lowest BCUT2D eigenvalue weighted by Gasteiger charge is -2.02. The van der Waals surface area contributed by atoms with Gasteiger partial charge in [0, 0.05) is 4.90 Å². The first-order valence-corrected chi connectivity index (χ1v) is 7.36. The van der Waals surface area contributed by atoms with E-state index in [4.69, 9.17) is 5.26 Å². The number of hydrogen-bond donors (Lipinski definition) is 1. The zero-order valence-corrected chi connectivity index (χ0v) is 11.4. The standard InChI is InChI=1S/C16H11N3S/c17-9-10-5-6-12-13(7-10)19-16(18-12)15-8-11-3-1-2-4-14(11)20-15/h1-7,15H,8H2,(H,18,19). The molecule has 3 aromatic rings. The van der Waals surface area contributed by atoms with E-state index in [2.05, 4.69) is 40.3 Å². The Bertz CT molecular complexity index is 819. The third-order valence-corrected chi connectivity index (χ3v) is 4.91. The van der Waals surface area contributed by atoms with Crippen molar-refractivity contribution in [3.63, 3.8) is 0 Å². The summed E-state index contributed by atoms with van der Waals surface area (Å²) in [7, 11) is 0. The summed E-state index contributed by atoms with van der Waals surface area (Å²) in [6, 6.07) is 16.2. The molecule has 0 aliphatic carbocycles. The molecule has 4 rings (SSSR count). The lowest BCUT2D eigenvalue weighted by molar-refractivity contribution is 0.881. The maximum atomic E-state index is 8.95. The molecular formula is C16H11N3S. The van der Waals surface area contributed by atoms with Crippen LogP contribution in [0.4, 0.5) is 0 Å². The van der Waals surface area contributed by atoms with E-state index in [-0.39, 0.29) is 0 Å². The van der Waals surface area contributed by atoms with Crippen LogP contribution in [-0.4, -0.2) is 9.97 Å². The van der Waals surface area contributed by atoms with E-state index in [0.717, 1.165) is 23.3 Å². The number of fused-ring (bicyclic) bond motifs is 2. The Labute approximate surface area is 120 Å². The number of nitriles is 1. The summed E-state index contributed by atoms with van der Waals surface area (Å²) in [6.07, 6.45) is 1.01. The molecule has 1 atom stereocenters. The Kier molecular flexibility index (Phi) is 2.54. The van der Waals surface area contributed by atoms with Crippen molar-refractivity contribution in [3.8, 4) is 6.07 Å². The summed E-state index contributed by atoms with van der Waals surface area (Å²) < 4.78 is 0. The van der Waals surface area contributed by atoms with Gasteiger partial charge in [-0.05, 0) is 36.2 Å². The van der Waals surface area contributed by atoms with Crippen molar-refractivity contribution < 1.29 is 0 Å². The minimum absolute atomic E-state index is 0.338. The van der Waals surface area contributed by atoms with Gasteiger partial charge in [-0.15, -0.1) is 11.8 Å². The van der Waals surface area contributed by atoms with Gasteiger partial charge in [0.2, 0.25) is 0 Å². The Balaban J connectivity index is 1.72. The number of benzene rings is 2. The zero-order chi connectivity index (χ0) is 13.5. The van der Waals surface area contributed by atoms with E-state index in [1.54, 1.807) is 0 Å². The molecule has 1 unspecified atom stereocenters. The average Bonchev–Trinajstić information content (AvgIpc) is 3.09. The van der Waals surface area contributed by atoms with Gasteiger partial charge in [-0.1, -0.05) is 18.2 Å². The van der Waals surface area contributed by atoms with E-state index in [9.17, 15) is 0 Å². The van der Waals surface area contributed by atoms with Crippen LogP contribution in [0.25, 0.3) is 11.0 Å². The topological polar surface area (TPSA) is 52.5 Å². The molecule has 0 saturated heterocycles. The molecule has 0 radical (unpaired) electrons. The Morgan fingerprint density at radius 2 is 2.15 bits per heavy atom. The van der Waals surface area contributed by atoms with Crippen molar-refractivity contribution in [1.82, 2.24) is 9.97 Å². The molecule has 0 amide bonds. The maximum Gasteiger partial charge on any atom is 0.121 e. The van der Waals surface area contributed by atoms with Crippen molar-refractivity contribution in [2.24, 2.45) is 0 Å². The van der Waals surface area contributed by atoms with Crippen molar-refractivity contribution in [3.05, 3.63) is 59.4 Å². The summed E-state index contributed by atoms with van der Waals surface area (Å²) in [5, 5.41) is 9.28. The second-order valence-corrected chi connectivity index (χ2v) is 6.13. The smallest absolute Gasteiger partial charge is 0.121 e. The number of thioether (sulfide) groups is 1. The monoisotopic (exact) mass is 277 g/mol. The molecule has 96 valence electrons. The van der Waals surface area contributed by atoms with Crippen LogP contribution < -0.4 is 0 Å². The molecule has 2 aromatic carbocycles. The third kappa shape index (κ3) is 1.79. The third-order valence-electron chi connectivity index (χ3n) is 3.58. The summed E-state index contributed by atoms with van der Waals surface area (Å²) in [6.45, 7) is 0. The van der Waals surface area contributed by atoms with Gasteiger partial charge in [0.05, 0.1) is 27.9 Å². The van der Waals surface area contributed by atoms with Crippen LogP contribution in [0.5, 0.6) is 0 Å². The molecule has 2 heterocycles. The summed E-state index contributed by atoms with van der Waals surface area (Å²) >= 11 is 1.86. The first-order valence-electron chi connectivity index (χ1n) is 6.48. The number of aromatic amines is 1. The molecule has 0 fully saturated rings. The molecule has 4 heteroatoms. The largest absolute Gasteiger partial charge is 0.341 e. The number of nitrogens with one attached hydrogen (secondary N) is 1. The van der Waals surface area contributed by atoms with Crippen molar-refractivity contribution in [2.45, 2.75) is 16.6 Å². The highest BCUT2D eigenvalue weighted by atomic mass is 32.2. The molecule has 0 spiro atoms. The van der Waals surface area contributed by atoms with Gasteiger partial charge in [0.1, 0.15) is 5.82 Å². The summed E-state index contributed by atoms with van der Waals surface area (Å²) in [5.74, 6) is 0.997. The predicted octanol–water partition coefficient (Wildman–Crippen LogP) is 3.82. The van der Waals surface area contributed by atoms with Gasteiger partial charge in [-0.25, -0.2) is 4.98 Å². The van der Waals surface area contributed by atoms with Crippen LogP contribution in [0.3, 0.4) is 0 Å². The van der Waals surface area contributed by atoms with E-state index in [1.165, 1.54) is 10.5 Å². The quantitative estimate of drug-likeness (QED) is 0.735. The minimum Gasteiger partial charge on any atom is -0.341 e. The molecule has 0 bridgehead atoms. The highest BCUT2D eigenvalue weighted by Crippen LogP contribution is 2.45. The molecule has 3 nitrogen and oxygen atoms in total. The highest BCUT2D eigenvalue weighted by molar-refractivity contribution is 7.99. The SMILES string of the molecule is N#Cc1ccc2nc(C3Cc4ccccc4S3)[nH]c2c1. The molecule has 1 aliphatic heterocycles. The number of aromatic nitrogens is 2. The molecule has 1 N–H and O–H groups in total. The van der Waals surface area contributed by atoms with E-state index in [0.29, 0.717) is 10.8 Å². The summed E-state index contributed by atoms with van der Waals surface area (Å²) in [5.41, 5.74) is 3.92. The average molecular weight is 277 g/mol. The van der Waals surface area contributed by atoms with Gasteiger partial charge < -0.3 is 4.98 Å². The number of imidazole rings is 1. The van der Waals surface area contributed by atoms with Crippen LogP contribution in [0.2, 0.25) is 0 Å². The van der Waals surface area contributed by atoms with E-state index < -0.39 is 0 Å². The van der Waals surface area contributed by atoms with Crippen LogP contribution in [0.15, 0.2) is 47.4 Å². The molecular weight excluding hydrogens is 266 g/mol. The van der Waals surface area contributed by atoms with Gasteiger partial charge >= 0.3 is 0 Å². The van der Waals surface area contributed by atoms with Crippen LogP contribution in [0, 0.1) is 11.3 Å². The predicted molar refractivity (Wildman–Crippen MR) is 79.6 cm³/mol. The normalized spacial score (nSPS) is 17.1. The second kappa shape index (κ2) is 4.39. The fourth-order valence-electron chi connectivity index (χ4n) is 2.59. The Hall–Kier alpha value is -2.25. The lowest BCUT2D eigenvalue weighted by atomic mass is 10.1.